The van der Waals surface area contributed by atoms with Crippen LogP contribution in [-0.2, 0) is 38.1 Å². The maximum atomic E-state index is 11.5. The number of fused-ring (bicyclic) bond motifs is 1. The summed E-state index contributed by atoms with van der Waals surface area (Å²) >= 11 is 0. The minimum Gasteiger partial charge on any atom is -0.458 e. The molecular formula is C34H50N6O8Si. The molecule has 14 nitrogen and oxygen atoms in total. The molecule has 2 fully saturated rings. The Bertz CT molecular complexity index is 1610. The van der Waals surface area contributed by atoms with Gasteiger partial charge in [0.15, 0.2) is 29.9 Å². The first-order chi connectivity index (χ1) is 23.1. The number of carbonyl (C=O) groups is 3. The molecule has 2 aromatic rings. The van der Waals surface area contributed by atoms with Crippen molar-refractivity contribution in [1.29, 1.82) is 0 Å². The summed E-state index contributed by atoms with van der Waals surface area (Å²) < 4.78 is 29.8. The lowest BCUT2D eigenvalue weighted by Gasteiger charge is -2.24. The first-order valence-electron chi connectivity index (χ1n) is 16.7. The quantitative estimate of drug-likeness (QED) is 0.162. The number of rotatable bonds is 9. The van der Waals surface area contributed by atoms with Crippen LogP contribution < -0.4 is 11.5 Å². The van der Waals surface area contributed by atoms with Crippen molar-refractivity contribution in [2.75, 3.05) is 11.5 Å². The predicted octanol–water partition coefficient (Wildman–Crippen LogP) is 4.44. The number of nitrogen functional groups attached to an aromatic ring is 2. The lowest BCUT2D eigenvalue weighted by molar-refractivity contribution is -0.199. The van der Waals surface area contributed by atoms with Gasteiger partial charge in [-0.2, -0.15) is 9.97 Å². The summed E-state index contributed by atoms with van der Waals surface area (Å²) in [7, 11) is -1.61. The van der Waals surface area contributed by atoms with E-state index in [9.17, 15) is 14.4 Å². The first kappa shape index (κ1) is 39.3. The molecule has 4 heterocycles. The molecule has 268 valence electrons. The predicted molar refractivity (Wildman–Crippen MR) is 186 cm³/mol. The van der Waals surface area contributed by atoms with Gasteiger partial charge in [-0.25, -0.2) is 4.98 Å². The van der Waals surface area contributed by atoms with Gasteiger partial charge in [-0.15, -0.1) is 11.5 Å². The Kier molecular flexibility index (Phi) is 13.2. The van der Waals surface area contributed by atoms with E-state index < -0.39 is 61.9 Å². The molecular weight excluding hydrogens is 648 g/mol. The second kappa shape index (κ2) is 16.5. The normalized spacial score (nSPS) is 26.0. The molecule has 0 aliphatic carbocycles. The fourth-order valence-electron chi connectivity index (χ4n) is 6.10. The molecule has 4 rings (SSSR count). The lowest BCUT2D eigenvalue weighted by atomic mass is 9.96. The fraction of sp³-hybridized carbons (Fsp3) is 0.647. The number of esters is 3. The molecule has 0 spiro atoms. The molecule has 3 unspecified atom stereocenters. The Morgan fingerprint density at radius 2 is 1.43 bits per heavy atom. The van der Waals surface area contributed by atoms with Gasteiger partial charge in [0, 0.05) is 33.6 Å². The molecule has 4 N–H and O–H groups in total. The zero-order valence-electron chi connectivity index (χ0n) is 30.0. The van der Waals surface area contributed by atoms with Crippen molar-refractivity contribution < 1.29 is 38.1 Å². The number of carbonyl (C=O) groups excluding carboxylic acids is 3. The summed E-state index contributed by atoms with van der Waals surface area (Å²) in [5.41, 5.74) is 14.5. The first-order valence-corrected chi connectivity index (χ1v) is 19.4. The summed E-state index contributed by atoms with van der Waals surface area (Å²) in [6.07, 6.45) is 1.03. The Balaban J connectivity index is 0.000000266. The highest BCUT2D eigenvalue weighted by Crippen LogP contribution is 2.42. The van der Waals surface area contributed by atoms with Crippen molar-refractivity contribution >= 4 is 48.9 Å². The third-order valence-corrected chi connectivity index (χ3v) is 13.8. The van der Waals surface area contributed by atoms with Gasteiger partial charge in [0.2, 0.25) is 12.2 Å². The summed E-state index contributed by atoms with van der Waals surface area (Å²) in [6, 6.07) is 3.31. The molecule has 2 aliphatic heterocycles. The van der Waals surface area contributed by atoms with Crippen LogP contribution in [-0.4, -0.2) is 75.2 Å². The summed E-state index contributed by atoms with van der Waals surface area (Å²) in [4.78, 5) is 46.5. The van der Waals surface area contributed by atoms with Crippen LogP contribution in [0, 0.1) is 23.3 Å². The van der Waals surface area contributed by atoms with Crippen LogP contribution in [0.1, 0.15) is 94.2 Å². The van der Waals surface area contributed by atoms with Crippen LogP contribution in [0.3, 0.4) is 0 Å². The van der Waals surface area contributed by atoms with Gasteiger partial charge in [0.25, 0.3) is 0 Å². The van der Waals surface area contributed by atoms with Crippen molar-refractivity contribution in [2.24, 2.45) is 0 Å². The molecule has 0 radical (unpaired) electrons. The number of hydrogen-bond donors (Lipinski definition) is 2. The molecule has 0 aromatic carbocycles. The SMILES string of the molecule is CC#C[C@@]1(CC)CC(OC(C)=O)[C@H](n2cnc3c(N)nc(N)nc32)O1.CC[C@]1(C#C[Si](CC)(CC)CC)CC(OC(C)=O)C(OC(C)=O)O1. The summed E-state index contributed by atoms with van der Waals surface area (Å²) in [5, 5.41) is 0. The Labute approximate surface area is 289 Å². The molecule has 49 heavy (non-hydrogen) atoms. The number of ether oxygens (including phenoxy) is 5. The number of nitrogens with two attached hydrogens (primary N) is 2. The number of anilines is 2. The van der Waals surface area contributed by atoms with E-state index in [0.717, 1.165) is 18.1 Å². The van der Waals surface area contributed by atoms with E-state index >= 15 is 0 Å². The molecule has 6 atom stereocenters. The second-order valence-electron chi connectivity index (χ2n) is 12.3. The van der Waals surface area contributed by atoms with Crippen LogP contribution in [0.25, 0.3) is 11.2 Å². The van der Waals surface area contributed by atoms with E-state index in [1.54, 1.807) is 11.5 Å². The van der Waals surface area contributed by atoms with Crippen molar-refractivity contribution in [3.63, 3.8) is 0 Å². The van der Waals surface area contributed by atoms with Crippen molar-refractivity contribution in [2.45, 2.75) is 142 Å². The van der Waals surface area contributed by atoms with Crippen LogP contribution in [0.4, 0.5) is 11.8 Å². The minimum absolute atomic E-state index is 0.0314. The lowest BCUT2D eigenvalue weighted by Crippen LogP contribution is -2.33. The van der Waals surface area contributed by atoms with Gasteiger partial charge in [0.1, 0.15) is 24.8 Å². The highest BCUT2D eigenvalue weighted by atomic mass is 28.3. The summed E-state index contributed by atoms with van der Waals surface area (Å²) in [5.74, 6) is 8.27. The van der Waals surface area contributed by atoms with Gasteiger partial charge in [-0.05, 0) is 37.9 Å². The Morgan fingerprint density at radius 1 is 0.878 bits per heavy atom. The van der Waals surface area contributed by atoms with Crippen molar-refractivity contribution in [3.05, 3.63) is 6.33 Å². The van der Waals surface area contributed by atoms with Gasteiger partial charge in [-0.3, -0.25) is 19.0 Å². The molecule has 0 saturated carbocycles. The third kappa shape index (κ3) is 9.29. The van der Waals surface area contributed by atoms with Crippen LogP contribution in [0.2, 0.25) is 18.1 Å². The molecule has 2 aliphatic rings. The van der Waals surface area contributed by atoms with E-state index in [4.69, 9.17) is 35.2 Å². The van der Waals surface area contributed by atoms with Crippen molar-refractivity contribution in [3.8, 4) is 23.3 Å². The monoisotopic (exact) mass is 698 g/mol. The van der Waals surface area contributed by atoms with Crippen LogP contribution >= 0.6 is 0 Å². The zero-order valence-corrected chi connectivity index (χ0v) is 31.0. The molecule has 2 saturated heterocycles. The van der Waals surface area contributed by atoms with E-state index in [1.807, 2.05) is 13.8 Å². The van der Waals surface area contributed by atoms with Crippen LogP contribution in [0.5, 0.6) is 0 Å². The van der Waals surface area contributed by atoms with Gasteiger partial charge in [-0.1, -0.05) is 46.5 Å². The van der Waals surface area contributed by atoms with Crippen LogP contribution in [0.15, 0.2) is 6.33 Å². The van der Waals surface area contributed by atoms with Gasteiger partial charge in [0.05, 0.1) is 6.33 Å². The largest absolute Gasteiger partial charge is 0.458 e. The zero-order chi connectivity index (χ0) is 36.6. The average molecular weight is 699 g/mol. The standard InChI is InChI=1S/C18H30O5Si.C16H20N6O3/c1-7-18(11-12-24(8-2,9-3)10-4)13-16(21-14(5)19)17(23-18)22-15(6)20;1-4-6-16(5-2)7-10(24-9(3)23)14(25-16)22-8-19-11-12(17)20-15(18)21-13(11)22/h16-17H,7-10,13H2,1-6H3;8,10,14H,5,7H2,1-3H3,(H4,17,18,20,21)/t16?,17?,18-;10?,14-,16+/m01/s1. The second-order valence-corrected chi connectivity index (χ2v) is 17.2. The van der Waals surface area contributed by atoms with Gasteiger partial charge >= 0.3 is 17.9 Å². The van der Waals surface area contributed by atoms with E-state index in [-0.39, 0.29) is 11.8 Å². The van der Waals surface area contributed by atoms with E-state index in [1.165, 1.54) is 27.1 Å². The molecule has 2 aromatic heterocycles. The average Bonchev–Trinajstić information content (AvgIpc) is 3.72. The highest BCUT2D eigenvalue weighted by Gasteiger charge is 2.49. The molecule has 0 bridgehead atoms. The maximum absolute atomic E-state index is 11.5. The Hall–Kier alpha value is -4.18. The van der Waals surface area contributed by atoms with Crippen molar-refractivity contribution in [1.82, 2.24) is 19.5 Å². The Morgan fingerprint density at radius 3 is 1.96 bits per heavy atom. The minimum atomic E-state index is -1.61. The molecule has 0 amide bonds. The number of hydrogen-bond acceptors (Lipinski definition) is 13. The third-order valence-electron chi connectivity index (χ3n) is 9.11. The molecule has 15 heteroatoms. The number of aromatic nitrogens is 4. The smallest absolute Gasteiger partial charge is 0.305 e. The topological polar surface area (TPSA) is 193 Å². The maximum Gasteiger partial charge on any atom is 0.305 e. The number of nitrogens with zero attached hydrogens (tertiary/aromatic N) is 4. The van der Waals surface area contributed by atoms with Gasteiger partial charge < -0.3 is 35.2 Å². The fourth-order valence-corrected chi connectivity index (χ4v) is 8.62. The number of imidazole rings is 1. The van der Waals surface area contributed by atoms with E-state index in [0.29, 0.717) is 36.8 Å². The highest BCUT2D eigenvalue weighted by molar-refractivity contribution is 6.87. The summed E-state index contributed by atoms with van der Waals surface area (Å²) in [6.45, 7) is 16.3. The van der Waals surface area contributed by atoms with E-state index in [2.05, 4.69) is 59.0 Å².